The molecule has 0 heterocycles. The first-order valence-electron chi connectivity index (χ1n) is 8.14. The van der Waals surface area contributed by atoms with Gasteiger partial charge in [-0.15, -0.1) is 0 Å². The van der Waals surface area contributed by atoms with Crippen molar-refractivity contribution in [1.82, 2.24) is 10.6 Å². The summed E-state index contributed by atoms with van der Waals surface area (Å²) < 4.78 is 16.3. The Kier molecular flexibility index (Phi) is 7.59. The Morgan fingerprint density at radius 3 is 2.59 bits per heavy atom. The Labute approximate surface area is 134 Å². The maximum Gasteiger partial charge on any atom is 0.407 e. The Balaban J connectivity index is 2.18. The maximum atomic E-state index is 11.7. The van der Waals surface area contributed by atoms with Gasteiger partial charge in [0.05, 0.1) is 12.2 Å². The highest BCUT2D eigenvalue weighted by atomic mass is 16.6. The molecule has 0 radical (unpaired) electrons. The average molecular weight is 316 g/mol. The van der Waals surface area contributed by atoms with Gasteiger partial charge in [-0.25, -0.2) is 4.79 Å². The lowest BCUT2D eigenvalue weighted by molar-refractivity contribution is -0.131. The quantitative estimate of drug-likeness (QED) is 0.717. The molecule has 2 N–H and O–H groups in total. The molecule has 1 fully saturated rings. The second-order valence-corrected chi connectivity index (χ2v) is 6.83. The molecule has 4 atom stereocenters. The molecule has 130 valence electrons. The predicted octanol–water partition coefficient (Wildman–Crippen LogP) is 2.07. The van der Waals surface area contributed by atoms with E-state index in [9.17, 15) is 4.79 Å². The molecule has 1 rings (SSSR count). The van der Waals surface area contributed by atoms with Crippen LogP contribution in [0.3, 0.4) is 0 Å². The number of carbonyl (C=O) groups excluding carboxylic acids is 1. The van der Waals surface area contributed by atoms with Crippen molar-refractivity contribution in [3.05, 3.63) is 0 Å². The van der Waals surface area contributed by atoms with Crippen molar-refractivity contribution in [3.8, 4) is 0 Å². The highest BCUT2D eigenvalue weighted by Crippen LogP contribution is 2.26. The molecule has 6 nitrogen and oxygen atoms in total. The topological polar surface area (TPSA) is 68.8 Å². The third kappa shape index (κ3) is 6.50. The highest BCUT2D eigenvalue weighted by Gasteiger charge is 2.41. The van der Waals surface area contributed by atoms with Gasteiger partial charge in [-0.1, -0.05) is 0 Å². The largest absolute Gasteiger partial charge is 0.444 e. The van der Waals surface area contributed by atoms with Gasteiger partial charge in [0, 0.05) is 25.8 Å². The zero-order valence-electron chi connectivity index (χ0n) is 14.8. The first kappa shape index (κ1) is 19.2. The van der Waals surface area contributed by atoms with Crippen molar-refractivity contribution in [3.63, 3.8) is 0 Å². The molecule has 0 aromatic rings. The second-order valence-electron chi connectivity index (χ2n) is 6.83. The standard InChI is InChI=1S/C16H32N2O4/c1-7-21-13-10-12(14(13)20-6)17-9-8-11(2)18-15(19)22-16(3,4)5/h11-14,17H,7-10H2,1-6H3,(H,18,19). The molecule has 0 aromatic carbocycles. The minimum absolute atomic E-state index is 0.0612. The fourth-order valence-electron chi connectivity index (χ4n) is 2.54. The molecular formula is C16H32N2O4. The number of alkyl carbamates (subject to hydrolysis) is 1. The van der Waals surface area contributed by atoms with Gasteiger partial charge in [-0.3, -0.25) is 0 Å². The van der Waals surface area contributed by atoms with Crippen LogP contribution in [0.5, 0.6) is 0 Å². The van der Waals surface area contributed by atoms with Crippen LogP contribution in [-0.4, -0.2) is 56.2 Å². The van der Waals surface area contributed by atoms with Crippen molar-refractivity contribution in [2.24, 2.45) is 0 Å². The van der Waals surface area contributed by atoms with Gasteiger partial charge in [0.1, 0.15) is 5.60 Å². The van der Waals surface area contributed by atoms with E-state index in [1.807, 2.05) is 34.6 Å². The number of ether oxygens (including phenoxy) is 3. The molecule has 4 unspecified atom stereocenters. The average Bonchev–Trinajstić information content (AvgIpc) is 2.34. The first-order valence-corrected chi connectivity index (χ1v) is 8.14. The number of hydrogen-bond donors (Lipinski definition) is 2. The lowest BCUT2D eigenvalue weighted by Crippen LogP contribution is -2.60. The van der Waals surface area contributed by atoms with Gasteiger partial charge < -0.3 is 24.8 Å². The van der Waals surface area contributed by atoms with Crippen LogP contribution in [0.2, 0.25) is 0 Å². The monoisotopic (exact) mass is 316 g/mol. The molecule has 0 spiro atoms. The lowest BCUT2D eigenvalue weighted by Gasteiger charge is -2.43. The van der Waals surface area contributed by atoms with Crippen LogP contribution >= 0.6 is 0 Å². The molecule has 0 aromatic heterocycles. The smallest absolute Gasteiger partial charge is 0.407 e. The number of rotatable bonds is 8. The summed E-state index contributed by atoms with van der Waals surface area (Å²) in [7, 11) is 1.72. The fraction of sp³-hybridized carbons (Fsp3) is 0.938. The van der Waals surface area contributed by atoms with E-state index < -0.39 is 5.60 Å². The SMILES string of the molecule is CCOC1CC(NCCC(C)NC(=O)OC(C)(C)C)C1OC. The van der Waals surface area contributed by atoms with Crippen LogP contribution in [0.15, 0.2) is 0 Å². The summed E-state index contributed by atoms with van der Waals surface area (Å²) >= 11 is 0. The van der Waals surface area contributed by atoms with Crippen LogP contribution in [0, 0.1) is 0 Å². The van der Waals surface area contributed by atoms with Crippen molar-refractivity contribution in [2.45, 2.75) is 77.4 Å². The maximum absolute atomic E-state index is 11.7. The number of methoxy groups -OCH3 is 1. The molecule has 0 saturated heterocycles. The van der Waals surface area contributed by atoms with Gasteiger partial charge in [0.25, 0.3) is 0 Å². The normalized spacial score (nSPS) is 26.2. The predicted molar refractivity (Wildman–Crippen MR) is 86.1 cm³/mol. The van der Waals surface area contributed by atoms with Gasteiger partial charge in [-0.2, -0.15) is 0 Å². The van der Waals surface area contributed by atoms with Crippen molar-refractivity contribution >= 4 is 6.09 Å². The zero-order valence-corrected chi connectivity index (χ0v) is 14.8. The van der Waals surface area contributed by atoms with Crippen LogP contribution in [0.4, 0.5) is 4.79 Å². The van der Waals surface area contributed by atoms with E-state index >= 15 is 0 Å². The number of nitrogens with one attached hydrogen (secondary N) is 2. The Hall–Kier alpha value is -0.850. The molecule has 1 aliphatic carbocycles. The van der Waals surface area contributed by atoms with E-state index in [1.54, 1.807) is 7.11 Å². The number of hydrogen-bond acceptors (Lipinski definition) is 5. The van der Waals surface area contributed by atoms with Crippen LogP contribution in [0.25, 0.3) is 0 Å². The Morgan fingerprint density at radius 2 is 2.05 bits per heavy atom. The van der Waals surface area contributed by atoms with E-state index in [1.165, 1.54) is 0 Å². The molecule has 1 amide bonds. The van der Waals surface area contributed by atoms with Crippen LogP contribution in [0.1, 0.15) is 47.5 Å². The molecule has 6 heteroatoms. The molecule has 1 saturated carbocycles. The van der Waals surface area contributed by atoms with Crippen molar-refractivity contribution in [2.75, 3.05) is 20.3 Å². The summed E-state index contributed by atoms with van der Waals surface area (Å²) in [6.45, 7) is 11.1. The minimum Gasteiger partial charge on any atom is -0.444 e. The summed E-state index contributed by atoms with van der Waals surface area (Å²) in [6.07, 6.45) is 1.76. The summed E-state index contributed by atoms with van der Waals surface area (Å²) in [5.74, 6) is 0. The van der Waals surface area contributed by atoms with Gasteiger partial charge in [-0.05, 0) is 54.0 Å². The van der Waals surface area contributed by atoms with Crippen LogP contribution < -0.4 is 10.6 Å². The number of amides is 1. The molecule has 1 aliphatic rings. The number of carbonyl (C=O) groups is 1. The molecular weight excluding hydrogens is 284 g/mol. The third-order valence-electron chi connectivity index (χ3n) is 3.65. The second kappa shape index (κ2) is 8.70. The molecule has 0 bridgehead atoms. The third-order valence-corrected chi connectivity index (χ3v) is 3.65. The Bertz CT molecular complexity index is 344. The van der Waals surface area contributed by atoms with E-state index in [4.69, 9.17) is 14.2 Å². The molecule has 0 aliphatic heterocycles. The lowest BCUT2D eigenvalue weighted by atomic mass is 9.85. The Morgan fingerprint density at radius 1 is 1.36 bits per heavy atom. The van der Waals surface area contributed by atoms with Crippen LogP contribution in [-0.2, 0) is 14.2 Å². The summed E-state index contributed by atoms with van der Waals surface area (Å²) in [4.78, 5) is 11.7. The summed E-state index contributed by atoms with van der Waals surface area (Å²) in [6, 6.07) is 0.390. The van der Waals surface area contributed by atoms with Crippen molar-refractivity contribution in [1.29, 1.82) is 0 Å². The summed E-state index contributed by atoms with van der Waals surface area (Å²) in [5, 5.41) is 6.31. The summed E-state index contributed by atoms with van der Waals surface area (Å²) in [5.41, 5.74) is -0.464. The fourth-order valence-corrected chi connectivity index (χ4v) is 2.54. The van der Waals surface area contributed by atoms with E-state index in [0.717, 1.165) is 19.4 Å². The van der Waals surface area contributed by atoms with E-state index in [-0.39, 0.29) is 24.3 Å². The van der Waals surface area contributed by atoms with Crippen molar-refractivity contribution < 1.29 is 19.0 Å². The van der Waals surface area contributed by atoms with Gasteiger partial charge >= 0.3 is 6.09 Å². The van der Waals surface area contributed by atoms with Gasteiger partial charge in [0.15, 0.2) is 0 Å². The van der Waals surface area contributed by atoms with E-state index in [0.29, 0.717) is 12.6 Å². The van der Waals surface area contributed by atoms with E-state index in [2.05, 4.69) is 10.6 Å². The van der Waals surface area contributed by atoms with Gasteiger partial charge in [0.2, 0.25) is 0 Å². The highest BCUT2D eigenvalue weighted by molar-refractivity contribution is 5.67. The zero-order chi connectivity index (χ0) is 16.8. The molecule has 22 heavy (non-hydrogen) atoms. The minimum atomic E-state index is -0.464. The first-order chi connectivity index (χ1) is 10.3.